The highest BCUT2D eigenvalue weighted by atomic mass is 16.5. The minimum absolute atomic E-state index is 0.395. The second-order valence-electron chi connectivity index (χ2n) is 8.16. The Labute approximate surface area is 242 Å². The minimum atomic E-state index is -0.395. The molecule has 0 heterocycles. The van der Waals surface area contributed by atoms with E-state index in [4.69, 9.17) is 19.0 Å². The maximum absolute atomic E-state index is 12.4. The number of aldehydes is 1. The molecule has 6 heteroatoms. The van der Waals surface area contributed by atoms with Crippen molar-refractivity contribution in [2.45, 2.75) is 20.8 Å². The molecule has 6 nitrogen and oxygen atoms in total. The third-order valence-corrected chi connectivity index (χ3v) is 5.20. The van der Waals surface area contributed by atoms with Crippen LogP contribution in [0.2, 0.25) is 0 Å². The van der Waals surface area contributed by atoms with Gasteiger partial charge in [0, 0.05) is 11.1 Å². The summed E-state index contributed by atoms with van der Waals surface area (Å²) in [6.45, 7) is 12.3. The summed E-state index contributed by atoms with van der Waals surface area (Å²) in [4.78, 5) is 31.9. The van der Waals surface area contributed by atoms with Crippen LogP contribution in [0.5, 0.6) is 17.2 Å². The van der Waals surface area contributed by atoms with Crippen molar-refractivity contribution in [1.29, 1.82) is 0 Å². The lowest BCUT2D eigenvalue weighted by atomic mass is 10.1. The van der Waals surface area contributed by atoms with Gasteiger partial charge in [0.1, 0.15) is 23.5 Å². The first-order chi connectivity index (χ1) is 19.8. The second-order valence-corrected chi connectivity index (χ2v) is 8.16. The van der Waals surface area contributed by atoms with Gasteiger partial charge in [-0.25, -0.2) is 4.79 Å². The monoisotopic (exact) mass is 552 g/mol. The summed E-state index contributed by atoms with van der Waals surface area (Å²) in [5.74, 6) is 1.34. The summed E-state index contributed by atoms with van der Waals surface area (Å²) in [7, 11) is 1.63. The largest absolute Gasteiger partial charge is 0.497 e. The molecular formula is C35H36O6. The number of ether oxygens (including phenoxy) is 3. The van der Waals surface area contributed by atoms with Gasteiger partial charge in [-0.1, -0.05) is 79.4 Å². The molecule has 212 valence electrons. The average Bonchev–Trinajstić information content (AvgIpc) is 3.00. The molecule has 3 aromatic rings. The Morgan fingerprint density at radius 1 is 0.756 bits per heavy atom. The van der Waals surface area contributed by atoms with E-state index < -0.39 is 5.97 Å². The Balaban J connectivity index is 0.00000108. The van der Waals surface area contributed by atoms with Crippen molar-refractivity contribution in [3.05, 3.63) is 126 Å². The highest BCUT2D eigenvalue weighted by molar-refractivity contribution is 5.90. The summed E-state index contributed by atoms with van der Waals surface area (Å²) < 4.78 is 15.7. The van der Waals surface area contributed by atoms with Gasteiger partial charge in [0.05, 0.1) is 7.11 Å². The van der Waals surface area contributed by atoms with Crippen molar-refractivity contribution in [2.24, 2.45) is 0 Å². The number of methoxy groups -OCH3 is 1. The molecule has 0 saturated carbocycles. The van der Waals surface area contributed by atoms with Crippen LogP contribution in [-0.4, -0.2) is 25.8 Å². The van der Waals surface area contributed by atoms with Gasteiger partial charge in [0.2, 0.25) is 0 Å². The zero-order chi connectivity index (χ0) is 30.5. The summed E-state index contributed by atoms with van der Waals surface area (Å²) >= 11 is 0. The third-order valence-electron chi connectivity index (χ3n) is 5.20. The van der Waals surface area contributed by atoms with Gasteiger partial charge in [0.15, 0.2) is 0 Å². The first kappa shape index (κ1) is 33.8. The van der Waals surface area contributed by atoms with Crippen LogP contribution in [0.4, 0.5) is 0 Å². The average molecular weight is 553 g/mol. The maximum atomic E-state index is 12.4. The summed E-state index contributed by atoms with van der Waals surface area (Å²) in [6, 6.07) is 20.5. The number of rotatable bonds is 10. The molecule has 0 bridgehead atoms. The number of allylic oxidation sites excluding steroid dienone is 3. The van der Waals surface area contributed by atoms with Crippen molar-refractivity contribution in [3.8, 4) is 17.2 Å². The van der Waals surface area contributed by atoms with E-state index in [2.05, 4.69) is 13.2 Å². The first-order valence-electron chi connectivity index (χ1n) is 12.7. The summed E-state index contributed by atoms with van der Waals surface area (Å²) in [6.07, 6.45) is 13.0. The molecule has 0 aliphatic carbocycles. The quantitative estimate of drug-likeness (QED) is 0.0633. The van der Waals surface area contributed by atoms with Crippen LogP contribution in [-0.2, 0) is 14.4 Å². The molecule has 0 fully saturated rings. The fourth-order valence-electron chi connectivity index (χ4n) is 2.99. The lowest BCUT2D eigenvalue weighted by Crippen LogP contribution is -2.09. The number of carbonyl (C=O) groups excluding carboxylic acids is 3. The molecule has 0 atom stereocenters. The molecule has 0 radical (unpaired) electrons. The molecule has 3 rings (SSSR count). The van der Waals surface area contributed by atoms with E-state index in [0.717, 1.165) is 28.0 Å². The lowest BCUT2D eigenvalue weighted by molar-refractivity contribution is -0.130. The normalized spacial score (nSPS) is 10.4. The first-order valence-corrected chi connectivity index (χ1v) is 12.7. The number of hydrogen-bond acceptors (Lipinski definition) is 6. The second kappa shape index (κ2) is 19.8. The standard InChI is InChI=1S/C29H26O5.C3H4O.C3H6/c1-4-21(2)29(31)34-28-19-24(6-5-22-11-17-27(18-12-22)33-20-30)8-14-25(28)13-7-23-9-15-26(32-3)16-10-23;1-2-3-4;1-3-2/h4-20H,1-3H3;2-3H,1H2;3H,1H2,2H3/b6-5+,13-7+,21-4+;;. The van der Waals surface area contributed by atoms with Crippen molar-refractivity contribution in [1.82, 2.24) is 0 Å². The van der Waals surface area contributed by atoms with Crippen LogP contribution in [0.1, 0.15) is 43.0 Å². The number of esters is 1. The van der Waals surface area contributed by atoms with E-state index in [-0.39, 0.29) is 0 Å². The number of carbonyl (C=O) groups is 3. The molecular weight excluding hydrogens is 516 g/mol. The molecule has 0 N–H and O–H groups in total. The topological polar surface area (TPSA) is 78.9 Å². The molecule has 3 aromatic carbocycles. The van der Waals surface area contributed by atoms with Gasteiger partial charge in [0.25, 0.3) is 6.47 Å². The molecule has 0 aliphatic heterocycles. The number of hydrogen-bond donors (Lipinski definition) is 0. The molecule has 0 aromatic heterocycles. The van der Waals surface area contributed by atoms with Gasteiger partial charge < -0.3 is 14.2 Å². The van der Waals surface area contributed by atoms with Gasteiger partial charge in [-0.2, -0.15) is 0 Å². The van der Waals surface area contributed by atoms with E-state index in [1.54, 1.807) is 45.2 Å². The minimum Gasteiger partial charge on any atom is -0.497 e. The van der Waals surface area contributed by atoms with Crippen molar-refractivity contribution in [2.75, 3.05) is 7.11 Å². The van der Waals surface area contributed by atoms with E-state index in [1.165, 1.54) is 6.08 Å². The fraction of sp³-hybridized carbons (Fsp3) is 0.114. The van der Waals surface area contributed by atoms with E-state index in [0.29, 0.717) is 29.8 Å². The third kappa shape index (κ3) is 12.9. The van der Waals surface area contributed by atoms with Crippen molar-refractivity contribution < 1.29 is 28.6 Å². The van der Waals surface area contributed by atoms with Crippen molar-refractivity contribution >= 4 is 43.0 Å². The summed E-state index contributed by atoms with van der Waals surface area (Å²) in [5, 5.41) is 0. The van der Waals surface area contributed by atoms with Crippen LogP contribution < -0.4 is 14.2 Å². The molecule has 0 saturated heterocycles. The van der Waals surface area contributed by atoms with Crippen molar-refractivity contribution in [3.63, 3.8) is 0 Å². The van der Waals surface area contributed by atoms with Crippen LogP contribution in [0.25, 0.3) is 24.3 Å². The number of benzene rings is 3. The smallest absolute Gasteiger partial charge is 0.338 e. The van der Waals surface area contributed by atoms with Gasteiger partial charge in [-0.15, -0.1) is 6.58 Å². The van der Waals surface area contributed by atoms with Crippen LogP contribution in [0.15, 0.2) is 104 Å². The summed E-state index contributed by atoms with van der Waals surface area (Å²) in [5.41, 5.74) is 4.11. The zero-order valence-corrected chi connectivity index (χ0v) is 23.9. The van der Waals surface area contributed by atoms with Crippen LogP contribution >= 0.6 is 0 Å². The molecule has 0 amide bonds. The highest BCUT2D eigenvalue weighted by Crippen LogP contribution is 2.26. The fourth-order valence-corrected chi connectivity index (χ4v) is 2.99. The van der Waals surface area contributed by atoms with Crippen LogP contribution in [0.3, 0.4) is 0 Å². The zero-order valence-electron chi connectivity index (χ0n) is 23.9. The molecule has 0 unspecified atom stereocenters. The van der Waals surface area contributed by atoms with E-state index in [1.807, 2.05) is 85.8 Å². The predicted molar refractivity (Wildman–Crippen MR) is 168 cm³/mol. The predicted octanol–water partition coefficient (Wildman–Crippen LogP) is 8.01. The molecule has 41 heavy (non-hydrogen) atoms. The Morgan fingerprint density at radius 3 is 1.73 bits per heavy atom. The van der Waals surface area contributed by atoms with E-state index in [9.17, 15) is 9.59 Å². The maximum Gasteiger partial charge on any atom is 0.338 e. The highest BCUT2D eigenvalue weighted by Gasteiger charge is 2.10. The Bertz CT molecular complexity index is 1350. The van der Waals surface area contributed by atoms with Gasteiger partial charge in [-0.3, -0.25) is 9.59 Å². The Kier molecular flexibility index (Phi) is 16.3. The Morgan fingerprint density at radius 2 is 1.24 bits per heavy atom. The van der Waals surface area contributed by atoms with E-state index >= 15 is 0 Å². The molecule has 0 aliphatic rings. The lowest BCUT2D eigenvalue weighted by Gasteiger charge is -2.09. The van der Waals surface area contributed by atoms with Crippen LogP contribution in [0, 0.1) is 0 Å². The van der Waals surface area contributed by atoms with Gasteiger partial charge >= 0.3 is 5.97 Å². The Hall–Kier alpha value is -5.23. The molecule has 0 spiro atoms. The SMILES string of the molecule is C/C=C(\C)C(=O)Oc1cc(/C=C/c2ccc(OC=O)cc2)ccc1/C=C/c1ccc(OC)cc1.C=CC.C=CC=O. The van der Waals surface area contributed by atoms with Gasteiger partial charge in [-0.05, 0) is 73.9 Å².